The summed E-state index contributed by atoms with van der Waals surface area (Å²) in [6.07, 6.45) is 0. The van der Waals surface area contributed by atoms with E-state index in [1.807, 2.05) is 0 Å². The van der Waals surface area contributed by atoms with Crippen LogP contribution in [-0.4, -0.2) is 58.7 Å². The first-order valence-corrected chi connectivity index (χ1v) is 3.89. The molecule has 0 aliphatic heterocycles. The summed E-state index contributed by atoms with van der Waals surface area (Å²) in [5.41, 5.74) is 4.58. The van der Waals surface area contributed by atoms with Crippen molar-refractivity contribution in [2.24, 2.45) is 5.73 Å². The Bertz CT molecular complexity index is 181. The van der Waals surface area contributed by atoms with E-state index in [9.17, 15) is 4.79 Å². The van der Waals surface area contributed by atoms with Gasteiger partial charge in [-0.1, -0.05) is 0 Å². The van der Waals surface area contributed by atoms with E-state index in [0.717, 1.165) is 0 Å². The molecule has 0 saturated heterocycles. The molecule has 6 nitrogen and oxygen atoms in total. The molecule has 4 N–H and O–H groups in total. The first-order valence-electron chi connectivity index (χ1n) is 1.86. The molecule has 1 amide bonds. The fourth-order valence-corrected chi connectivity index (χ4v) is 0. The van der Waals surface area contributed by atoms with Crippen LogP contribution in [0.3, 0.4) is 0 Å². The molecule has 0 fully saturated rings. The molecule has 0 unspecified atom stereocenters. The van der Waals surface area contributed by atoms with Crippen molar-refractivity contribution in [3.63, 3.8) is 0 Å². The number of rotatable bonds is 1. The summed E-state index contributed by atoms with van der Waals surface area (Å²) in [4.78, 5) is 9.51. The Labute approximate surface area is 91.8 Å². The van der Waals surface area contributed by atoms with E-state index in [1.165, 1.54) is 0 Å². The van der Waals surface area contributed by atoms with Gasteiger partial charge in [0, 0.05) is 0 Å². The Kier molecular flexibility index (Phi) is 14.1. The van der Waals surface area contributed by atoms with Crippen molar-refractivity contribution in [3.05, 3.63) is 0 Å². The zero-order valence-electron chi connectivity index (χ0n) is 4.76. The van der Waals surface area contributed by atoms with E-state index in [1.54, 1.807) is 0 Å². The topological polar surface area (TPSA) is 118 Å². The Morgan fingerprint density at radius 2 is 1.55 bits per heavy atom. The number of hydrogen-bond acceptors (Lipinski definition) is 4. The van der Waals surface area contributed by atoms with Gasteiger partial charge < -0.3 is 5.73 Å². The van der Waals surface area contributed by atoms with Crippen molar-refractivity contribution in [1.82, 2.24) is 0 Å². The van der Waals surface area contributed by atoms with Crippen LogP contribution in [0, 0.1) is 0 Å². The molecule has 11 heavy (non-hydrogen) atoms. The second-order valence-electron chi connectivity index (χ2n) is 1.07. The number of nitrogens with two attached hydrogens (primary N) is 1. The van der Waals surface area contributed by atoms with Gasteiger partial charge in [-0.25, -0.2) is 0 Å². The van der Waals surface area contributed by atoms with Crippen LogP contribution >= 0.6 is 12.6 Å². The minimum absolute atomic E-state index is 0. The van der Waals surface area contributed by atoms with Gasteiger partial charge in [0.05, 0.1) is 5.75 Å². The molecule has 64 valence electrons. The molecule has 0 aromatic carbocycles. The minimum atomic E-state index is -4.67. The summed E-state index contributed by atoms with van der Waals surface area (Å²) >= 11 is 3.54. The number of carbonyl (C=O) groups is 1. The maximum atomic E-state index is 9.51. The molecule has 0 atom stereocenters. The first-order chi connectivity index (χ1) is 4.27. The average Bonchev–Trinajstić information content (AvgIpc) is 1.61. The first kappa shape index (κ1) is 17.7. The van der Waals surface area contributed by atoms with Gasteiger partial charge in [-0.15, -0.1) is 0 Å². The average molecular weight is 213 g/mol. The van der Waals surface area contributed by atoms with E-state index >= 15 is 0 Å². The molecule has 0 aromatic heterocycles. The van der Waals surface area contributed by atoms with Crippen LogP contribution in [-0.2, 0) is 15.2 Å². The molecule has 0 saturated carbocycles. The Morgan fingerprint density at radius 3 is 1.55 bits per heavy atom. The van der Waals surface area contributed by atoms with Crippen LogP contribution in [0.5, 0.6) is 0 Å². The third kappa shape index (κ3) is 112. The predicted molar refractivity (Wildman–Crippen MR) is 44.4 cm³/mol. The molecule has 0 rings (SSSR count). The number of carbonyl (C=O) groups excluding carboxylic acids is 1. The normalized spacial score (nSPS) is 8.64. The standard InChI is InChI=1S/C2H5NOS.Na.H2O4S.H/c3-2(4)1-5;;1-5(2,3)4;/h5H,1H2,(H2,3,4);;(H2,1,2,3,4);. The number of thiol groups is 1. The summed E-state index contributed by atoms with van der Waals surface area (Å²) in [5, 5.41) is 0. The van der Waals surface area contributed by atoms with Crippen LogP contribution < -0.4 is 5.73 Å². The van der Waals surface area contributed by atoms with Gasteiger partial charge in [0.2, 0.25) is 5.91 Å². The van der Waals surface area contributed by atoms with Gasteiger partial charge >= 0.3 is 40.0 Å². The molecular formula is C2H8NNaO5S2. The molecule has 0 heterocycles. The number of primary amides is 1. The van der Waals surface area contributed by atoms with E-state index in [0.29, 0.717) is 0 Å². The second kappa shape index (κ2) is 8.78. The van der Waals surface area contributed by atoms with Crippen LogP contribution in [0.2, 0.25) is 0 Å². The van der Waals surface area contributed by atoms with Crippen LogP contribution in [0.25, 0.3) is 0 Å². The Balaban J connectivity index is -0.000000107. The molecular weight excluding hydrogens is 205 g/mol. The zero-order chi connectivity index (χ0) is 8.78. The van der Waals surface area contributed by atoms with Crippen molar-refractivity contribution in [3.8, 4) is 0 Å². The number of amides is 1. The fraction of sp³-hybridized carbons (Fsp3) is 0.500. The number of hydrogen-bond donors (Lipinski definition) is 4. The van der Waals surface area contributed by atoms with E-state index < -0.39 is 10.4 Å². The van der Waals surface area contributed by atoms with Crippen molar-refractivity contribution >= 4 is 58.5 Å². The third-order valence-electron chi connectivity index (χ3n) is 0.156. The summed E-state index contributed by atoms with van der Waals surface area (Å²) in [7, 11) is -4.67. The molecule has 0 aliphatic carbocycles. The van der Waals surface area contributed by atoms with E-state index in [4.69, 9.17) is 17.5 Å². The summed E-state index contributed by atoms with van der Waals surface area (Å²) < 4.78 is 31.6. The van der Waals surface area contributed by atoms with Crippen LogP contribution in [0.4, 0.5) is 0 Å². The molecule has 0 aromatic rings. The predicted octanol–water partition coefficient (Wildman–Crippen LogP) is -1.90. The molecule has 0 aliphatic rings. The Hall–Kier alpha value is 0.690. The van der Waals surface area contributed by atoms with Crippen molar-refractivity contribution in [2.45, 2.75) is 0 Å². The molecule has 0 radical (unpaired) electrons. The SMILES string of the molecule is NC(=O)CS.O=S(=O)(O)O.[NaH]. The van der Waals surface area contributed by atoms with Gasteiger partial charge in [0.1, 0.15) is 0 Å². The Morgan fingerprint density at radius 1 is 1.45 bits per heavy atom. The quantitative estimate of drug-likeness (QED) is 0.230. The van der Waals surface area contributed by atoms with E-state index in [2.05, 4.69) is 18.4 Å². The monoisotopic (exact) mass is 213 g/mol. The summed E-state index contributed by atoms with van der Waals surface area (Å²) in [6, 6.07) is 0. The summed E-state index contributed by atoms with van der Waals surface area (Å²) in [5.74, 6) is -0.242. The van der Waals surface area contributed by atoms with Gasteiger partial charge in [-0.05, 0) is 0 Å². The van der Waals surface area contributed by atoms with Crippen molar-refractivity contribution in [1.29, 1.82) is 0 Å². The van der Waals surface area contributed by atoms with Gasteiger partial charge in [0.25, 0.3) is 0 Å². The van der Waals surface area contributed by atoms with Gasteiger partial charge in [0.15, 0.2) is 0 Å². The third-order valence-corrected chi connectivity index (χ3v) is 0.468. The summed E-state index contributed by atoms with van der Waals surface area (Å²) in [6.45, 7) is 0. The zero-order valence-corrected chi connectivity index (χ0v) is 6.47. The van der Waals surface area contributed by atoms with Crippen molar-refractivity contribution < 1.29 is 22.3 Å². The van der Waals surface area contributed by atoms with Crippen LogP contribution in [0.15, 0.2) is 0 Å². The maximum absolute atomic E-state index is 9.51. The second-order valence-corrected chi connectivity index (χ2v) is 2.28. The molecule has 0 spiro atoms. The molecule has 9 heteroatoms. The van der Waals surface area contributed by atoms with Gasteiger partial charge in [-0.3, -0.25) is 13.9 Å². The molecule has 0 bridgehead atoms. The van der Waals surface area contributed by atoms with Crippen molar-refractivity contribution in [2.75, 3.05) is 5.75 Å². The van der Waals surface area contributed by atoms with E-state index in [-0.39, 0.29) is 41.2 Å². The van der Waals surface area contributed by atoms with Crippen LogP contribution in [0.1, 0.15) is 0 Å². The van der Waals surface area contributed by atoms with Gasteiger partial charge in [-0.2, -0.15) is 21.0 Å². The fourth-order valence-electron chi connectivity index (χ4n) is 0.